The van der Waals surface area contributed by atoms with Crippen molar-refractivity contribution < 1.29 is 13.7 Å². The normalized spacial score (nSPS) is 15.7. The number of nitrogens with one attached hydrogen (secondary N) is 1. The van der Waals surface area contributed by atoms with E-state index in [0.29, 0.717) is 23.3 Å². The number of aromatic nitrogens is 4. The van der Waals surface area contributed by atoms with E-state index >= 15 is 0 Å². The zero-order valence-corrected chi connectivity index (χ0v) is 18.4. The Morgan fingerprint density at radius 3 is 2.65 bits per heavy atom. The zero-order valence-electron chi connectivity index (χ0n) is 17.5. The molecule has 1 amide bonds. The average Bonchev–Trinajstić information content (AvgIpc) is 3.35. The maximum absolute atomic E-state index is 13.5. The van der Waals surface area contributed by atoms with Crippen LogP contribution in [0, 0.1) is 12.7 Å². The van der Waals surface area contributed by atoms with E-state index in [-0.39, 0.29) is 11.7 Å². The summed E-state index contributed by atoms with van der Waals surface area (Å²) in [5.41, 5.74) is 0.764. The highest BCUT2D eigenvalue weighted by Gasteiger charge is 2.23. The first-order valence-electron chi connectivity index (χ1n) is 10.3. The third-order valence-electron chi connectivity index (χ3n) is 5.13. The molecular weight excluding hydrogens is 419 g/mol. The van der Waals surface area contributed by atoms with E-state index in [1.807, 2.05) is 4.57 Å². The van der Waals surface area contributed by atoms with E-state index in [0.717, 1.165) is 24.6 Å². The number of thioether (sulfide) groups is 1. The second-order valence-corrected chi connectivity index (χ2v) is 8.93. The fourth-order valence-corrected chi connectivity index (χ4v) is 4.40. The van der Waals surface area contributed by atoms with Crippen LogP contribution in [0.2, 0.25) is 0 Å². The van der Waals surface area contributed by atoms with Crippen LogP contribution in [0.1, 0.15) is 37.8 Å². The molecule has 0 bridgehead atoms. The van der Waals surface area contributed by atoms with Gasteiger partial charge < -0.3 is 9.84 Å². The molecule has 4 rings (SSSR count). The summed E-state index contributed by atoms with van der Waals surface area (Å²) in [6, 6.07) is 7.89. The number of aryl methyl sites for hydroxylation is 1. The van der Waals surface area contributed by atoms with Crippen molar-refractivity contribution in [1.29, 1.82) is 0 Å². The number of amides is 1. The highest BCUT2D eigenvalue weighted by molar-refractivity contribution is 8.00. The summed E-state index contributed by atoms with van der Waals surface area (Å²) >= 11 is 1.29. The minimum absolute atomic E-state index is 0.218. The largest absolute Gasteiger partial charge is 0.360 e. The van der Waals surface area contributed by atoms with E-state index in [4.69, 9.17) is 4.52 Å². The molecule has 1 N–H and O–H groups in total. The summed E-state index contributed by atoms with van der Waals surface area (Å²) in [4.78, 5) is 15.0. The number of anilines is 1. The molecule has 3 heterocycles. The Balaban J connectivity index is 1.55. The lowest BCUT2D eigenvalue weighted by Crippen LogP contribution is -2.30. The Morgan fingerprint density at radius 2 is 1.97 bits per heavy atom. The maximum Gasteiger partial charge on any atom is 0.238 e. The quantitative estimate of drug-likeness (QED) is 0.554. The van der Waals surface area contributed by atoms with E-state index < -0.39 is 5.25 Å². The fraction of sp³-hybridized carbons (Fsp3) is 0.429. The second kappa shape index (κ2) is 9.61. The average molecular weight is 445 g/mol. The van der Waals surface area contributed by atoms with Crippen molar-refractivity contribution in [2.45, 2.75) is 50.1 Å². The predicted octanol–water partition coefficient (Wildman–Crippen LogP) is 3.81. The molecule has 3 aromatic rings. The van der Waals surface area contributed by atoms with Crippen LogP contribution in [-0.4, -0.2) is 49.1 Å². The molecule has 164 valence electrons. The molecule has 1 aliphatic heterocycles. The molecule has 1 fully saturated rings. The monoisotopic (exact) mass is 444 g/mol. The van der Waals surface area contributed by atoms with Gasteiger partial charge in [-0.2, -0.15) is 0 Å². The van der Waals surface area contributed by atoms with Crippen LogP contribution in [-0.2, 0) is 11.3 Å². The molecule has 1 unspecified atom stereocenters. The molecular formula is C21H25FN6O2S. The molecule has 1 aromatic carbocycles. The molecule has 8 nitrogen and oxygen atoms in total. The summed E-state index contributed by atoms with van der Waals surface area (Å²) < 4.78 is 20.4. The molecule has 1 aliphatic rings. The SMILES string of the molecule is Cc1cc(NC(=O)C(C)Sc2nnc(CN3CCCCC3)n2-c2ccc(F)cc2)no1. The lowest BCUT2D eigenvalue weighted by molar-refractivity contribution is -0.115. The van der Waals surface area contributed by atoms with E-state index in [1.165, 1.54) is 43.2 Å². The molecule has 10 heteroatoms. The molecule has 31 heavy (non-hydrogen) atoms. The topological polar surface area (TPSA) is 89.1 Å². The Kier molecular flexibility index (Phi) is 6.67. The Hall–Kier alpha value is -2.72. The van der Waals surface area contributed by atoms with Crippen molar-refractivity contribution in [2.75, 3.05) is 18.4 Å². The number of carbonyl (C=O) groups excluding carboxylic acids is 1. The van der Waals surface area contributed by atoms with Gasteiger partial charge in [-0.1, -0.05) is 23.3 Å². The van der Waals surface area contributed by atoms with Gasteiger partial charge in [-0.15, -0.1) is 10.2 Å². The van der Waals surface area contributed by atoms with Gasteiger partial charge in [0.15, 0.2) is 16.8 Å². The summed E-state index contributed by atoms with van der Waals surface area (Å²) in [6.07, 6.45) is 3.59. The van der Waals surface area contributed by atoms with Gasteiger partial charge in [0.2, 0.25) is 5.91 Å². The van der Waals surface area contributed by atoms with Crippen LogP contribution in [0.4, 0.5) is 10.2 Å². The van der Waals surface area contributed by atoms with Gasteiger partial charge in [-0.05, 0) is 64.0 Å². The molecule has 0 saturated carbocycles. The van der Waals surface area contributed by atoms with Crippen molar-refractivity contribution in [3.8, 4) is 5.69 Å². The van der Waals surface area contributed by atoms with Crippen molar-refractivity contribution in [2.24, 2.45) is 0 Å². The van der Waals surface area contributed by atoms with E-state index in [2.05, 4.69) is 25.6 Å². The number of hydrogen-bond acceptors (Lipinski definition) is 7. The first kappa shape index (κ1) is 21.5. The number of carbonyl (C=O) groups is 1. The third-order valence-corrected chi connectivity index (χ3v) is 6.17. The predicted molar refractivity (Wildman–Crippen MR) is 116 cm³/mol. The van der Waals surface area contributed by atoms with Gasteiger partial charge >= 0.3 is 0 Å². The Bertz CT molecular complexity index is 1030. The zero-order chi connectivity index (χ0) is 21.8. The van der Waals surface area contributed by atoms with Crippen molar-refractivity contribution >= 4 is 23.5 Å². The van der Waals surface area contributed by atoms with Crippen LogP contribution in [0.25, 0.3) is 5.69 Å². The number of nitrogens with zero attached hydrogens (tertiary/aromatic N) is 5. The van der Waals surface area contributed by atoms with Gasteiger partial charge in [0.1, 0.15) is 11.6 Å². The third kappa shape index (κ3) is 5.31. The van der Waals surface area contributed by atoms with Crippen molar-refractivity contribution in [3.05, 3.63) is 47.7 Å². The maximum atomic E-state index is 13.5. The smallest absolute Gasteiger partial charge is 0.238 e. The van der Waals surface area contributed by atoms with E-state index in [9.17, 15) is 9.18 Å². The lowest BCUT2D eigenvalue weighted by Gasteiger charge is -2.26. The highest BCUT2D eigenvalue weighted by Crippen LogP contribution is 2.27. The molecule has 0 spiro atoms. The minimum Gasteiger partial charge on any atom is -0.360 e. The summed E-state index contributed by atoms with van der Waals surface area (Å²) in [6.45, 7) is 6.25. The number of rotatable bonds is 7. The molecule has 1 atom stereocenters. The second-order valence-electron chi connectivity index (χ2n) is 7.62. The van der Waals surface area contributed by atoms with Gasteiger partial charge in [-0.25, -0.2) is 4.39 Å². The summed E-state index contributed by atoms with van der Waals surface area (Å²) in [5.74, 6) is 1.24. The van der Waals surface area contributed by atoms with Gasteiger partial charge in [0.05, 0.1) is 11.8 Å². The van der Waals surface area contributed by atoms with Crippen LogP contribution in [0.15, 0.2) is 40.0 Å². The van der Waals surface area contributed by atoms with Crippen LogP contribution >= 0.6 is 11.8 Å². The van der Waals surface area contributed by atoms with Crippen LogP contribution < -0.4 is 5.32 Å². The van der Waals surface area contributed by atoms with Crippen LogP contribution in [0.5, 0.6) is 0 Å². The highest BCUT2D eigenvalue weighted by atomic mass is 32.2. The van der Waals surface area contributed by atoms with Gasteiger partial charge in [0, 0.05) is 11.8 Å². The van der Waals surface area contributed by atoms with Gasteiger partial charge in [-0.3, -0.25) is 14.3 Å². The summed E-state index contributed by atoms with van der Waals surface area (Å²) in [5, 5.41) is 15.4. The standard InChI is InChI=1S/C21H25FN6O2S/c1-14-12-18(26-30-14)23-20(29)15(2)31-21-25-24-19(13-27-10-4-3-5-11-27)28(21)17-8-6-16(22)7-9-17/h6-9,12,15H,3-5,10-11,13H2,1-2H3,(H,23,26,29). The molecule has 0 radical (unpaired) electrons. The molecule has 0 aliphatic carbocycles. The first-order chi connectivity index (χ1) is 15.0. The van der Waals surface area contributed by atoms with E-state index in [1.54, 1.807) is 32.0 Å². The Morgan fingerprint density at radius 1 is 1.23 bits per heavy atom. The van der Waals surface area contributed by atoms with Crippen molar-refractivity contribution in [3.63, 3.8) is 0 Å². The number of benzene rings is 1. The first-order valence-corrected chi connectivity index (χ1v) is 11.2. The lowest BCUT2D eigenvalue weighted by atomic mass is 10.1. The fourth-order valence-electron chi connectivity index (χ4n) is 3.51. The number of piperidine rings is 1. The number of likely N-dealkylation sites (tertiary alicyclic amines) is 1. The van der Waals surface area contributed by atoms with Crippen LogP contribution in [0.3, 0.4) is 0 Å². The van der Waals surface area contributed by atoms with Gasteiger partial charge in [0.25, 0.3) is 0 Å². The minimum atomic E-state index is -0.455. The van der Waals surface area contributed by atoms with Crippen molar-refractivity contribution in [1.82, 2.24) is 24.8 Å². The molecule has 2 aromatic heterocycles. The summed E-state index contributed by atoms with van der Waals surface area (Å²) in [7, 11) is 0. The number of halogens is 1. The molecule has 1 saturated heterocycles. The Labute approximate surface area is 184 Å². The number of hydrogen-bond donors (Lipinski definition) is 1.